The predicted octanol–water partition coefficient (Wildman–Crippen LogP) is 0.103. The highest BCUT2D eigenvalue weighted by atomic mass is 31.2. The second-order valence-corrected chi connectivity index (χ2v) is 6.60. The number of aromatic nitrogens is 2. The van der Waals surface area contributed by atoms with Gasteiger partial charge in [0.2, 0.25) is 5.85 Å². The summed E-state index contributed by atoms with van der Waals surface area (Å²) >= 11 is 0. The molecule has 0 aliphatic carbocycles. The highest BCUT2D eigenvalue weighted by Gasteiger charge is 2.50. The van der Waals surface area contributed by atoms with Gasteiger partial charge in [-0.1, -0.05) is 0 Å². The molecule has 22 heavy (non-hydrogen) atoms. The Labute approximate surface area is 123 Å². The fraction of sp³-hybridized carbons (Fsp3) is 0.636. The summed E-state index contributed by atoms with van der Waals surface area (Å²) in [4.78, 5) is 42.6. The van der Waals surface area contributed by atoms with Gasteiger partial charge in [-0.05, 0) is 13.8 Å². The van der Waals surface area contributed by atoms with E-state index in [-0.39, 0.29) is 18.4 Å². The number of alkyl halides is 1. The van der Waals surface area contributed by atoms with E-state index in [2.05, 4.69) is 9.51 Å². The first-order chi connectivity index (χ1) is 9.94. The molecule has 0 amide bonds. The number of phosphoric ester groups is 1. The molecule has 1 aromatic rings. The van der Waals surface area contributed by atoms with Crippen LogP contribution in [0.25, 0.3) is 0 Å². The van der Waals surface area contributed by atoms with E-state index in [0.717, 1.165) is 4.57 Å². The predicted molar refractivity (Wildman–Crippen MR) is 71.9 cm³/mol. The molecule has 2 rings (SSSR count). The van der Waals surface area contributed by atoms with Gasteiger partial charge in [0.05, 0.1) is 0 Å². The van der Waals surface area contributed by atoms with E-state index in [4.69, 9.17) is 14.5 Å². The van der Waals surface area contributed by atoms with Crippen molar-refractivity contribution in [2.24, 2.45) is 0 Å². The monoisotopic (exact) mass is 338 g/mol. The van der Waals surface area contributed by atoms with Crippen molar-refractivity contribution >= 4 is 7.82 Å². The smallest absolute Gasteiger partial charge is 0.317 e. The molecule has 1 aliphatic heterocycles. The van der Waals surface area contributed by atoms with Crippen molar-refractivity contribution in [3.05, 3.63) is 32.6 Å². The number of phosphoric acid groups is 1. The van der Waals surface area contributed by atoms with Crippen LogP contribution in [0.3, 0.4) is 0 Å². The average molecular weight is 338 g/mol. The Bertz CT molecular complexity index is 741. The van der Waals surface area contributed by atoms with Gasteiger partial charge in [-0.15, -0.1) is 0 Å². The summed E-state index contributed by atoms with van der Waals surface area (Å²) in [5.41, 5.74) is -2.48. The lowest BCUT2D eigenvalue weighted by atomic mass is 10.1. The summed E-state index contributed by atoms with van der Waals surface area (Å²) in [5.74, 6) is -2.45. The van der Waals surface area contributed by atoms with Crippen LogP contribution in [0.15, 0.2) is 15.8 Å². The first-order valence-electron chi connectivity index (χ1n) is 6.36. The fourth-order valence-electron chi connectivity index (χ4n) is 2.28. The number of nitrogens with zero attached hydrogens (tertiary/aromatic N) is 1. The van der Waals surface area contributed by atoms with E-state index in [1.807, 2.05) is 0 Å². The molecule has 1 fully saturated rings. The first-order valence-corrected chi connectivity index (χ1v) is 7.89. The highest BCUT2D eigenvalue weighted by molar-refractivity contribution is 7.46. The number of H-pyrrole nitrogens is 1. The third-order valence-corrected chi connectivity index (χ3v) is 3.91. The zero-order valence-corrected chi connectivity index (χ0v) is 12.8. The molecule has 3 N–H and O–H groups in total. The van der Waals surface area contributed by atoms with E-state index in [9.17, 15) is 18.5 Å². The molecule has 0 bridgehead atoms. The molecular formula is C11H16FN2O7P. The van der Waals surface area contributed by atoms with Crippen LogP contribution in [0, 0.1) is 6.92 Å². The van der Waals surface area contributed by atoms with Crippen molar-refractivity contribution in [1.82, 2.24) is 9.55 Å². The van der Waals surface area contributed by atoms with Crippen molar-refractivity contribution in [1.29, 1.82) is 0 Å². The van der Waals surface area contributed by atoms with Crippen LogP contribution >= 0.6 is 7.82 Å². The Kier molecular flexibility index (Phi) is 4.18. The molecule has 2 heterocycles. The number of aryl methyl sites for hydroxylation is 1. The van der Waals surface area contributed by atoms with Gasteiger partial charge in [0.15, 0.2) is 0 Å². The molecule has 1 aromatic heterocycles. The number of hydrogen-bond acceptors (Lipinski definition) is 5. The quantitative estimate of drug-likeness (QED) is 0.664. The maximum absolute atomic E-state index is 14.5. The van der Waals surface area contributed by atoms with E-state index in [1.165, 1.54) is 20.0 Å². The zero-order chi connectivity index (χ0) is 16.8. The van der Waals surface area contributed by atoms with Crippen molar-refractivity contribution in [2.75, 3.05) is 6.61 Å². The van der Waals surface area contributed by atoms with Gasteiger partial charge in [0.1, 0.15) is 12.3 Å². The summed E-state index contributed by atoms with van der Waals surface area (Å²) in [6.45, 7) is 1.95. The average Bonchev–Trinajstić information content (AvgIpc) is 2.69. The Morgan fingerprint density at radius 2 is 2.14 bits per heavy atom. The normalized spacial score (nSPS) is 29.0. The Hall–Kier alpha value is -1.32. The number of aromatic amines is 1. The topological polar surface area (TPSA) is 131 Å². The van der Waals surface area contributed by atoms with Gasteiger partial charge in [0, 0.05) is 24.6 Å². The lowest BCUT2D eigenvalue weighted by Gasteiger charge is -2.29. The lowest BCUT2D eigenvalue weighted by molar-refractivity contribution is -0.216. The van der Waals surface area contributed by atoms with Gasteiger partial charge in [-0.25, -0.2) is 13.8 Å². The molecule has 124 valence electrons. The van der Waals surface area contributed by atoms with E-state index >= 15 is 0 Å². The zero-order valence-electron chi connectivity index (χ0n) is 11.9. The summed E-state index contributed by atoms with van der Waals surface area (Å²) in [6, 6.07) is 0. The van der Waals surface area contributed by atoms with Crippen LogP contribution in [0.5, 0.6) is 0 Å². The minimum Gasteiger partial charge on any atom is -0.317 e. The number of ether oxygens (including phenoxy) is 1. The number of rotatable bonds is 4. The standard InChI is InChI=1S/C11H16FN2O7P/c1-7-5-14(9(16)13-8(7)15)10(2)3-4-11(12,21-10)6-20-22(17,18)19/h5H,3-4,6H2,1-2H3,(H,13,15,16)(H2,17,18,19)/t10-,11+/m1/s1. The van der Waals surface area contributed by atoms with Crippen molar-refractivity contribution in [2.45, 2.75) is 38.3 Å². The molecular weight excluding hydrogens is 322 g/mol. The second kappa shape index (κ2) is 5.39. The van der Waals surface area contributed by atoms with Crippen LogP contribution in [-0.2, 0) is 19.6 Å². The molecule has 0 saturated carbocycles. The summed E-state index contributed by atoms with van der Waals surface area (Å²) in [7, 11) is -4.83. The number of halogens is 1. The molecule has 1 saturated heterocycles. The fourth-order valence-corrected chi connectivity index (χ4v) is 2.65. The third kappa shape index (κ3) is 3.53. The number of nitrogens with one attached hydrogen (secondary N) is 1. The second-order valence-electron chi connectivity index (χ2n) is 5.37. The van der Waals surface area contributed by atoms with Crippen LogP contribution in [-0.4, -0.2) is 31.8 Å². The van der Waals surface area contributed by atoms with Crippen LogP contribution < -0.4 is 11.2 Å². The third-order valence-electron chi connectivity index (χ3n) is 3.44. The van der Waals surface area contributed by atoms with Crippen molar-refractivity contribution < 1.29 is 28.0 Å². The largest absolute Gasteiger partial charge is 0.469 e. The van der Waals surface area contributed by atoms with E-state index in [1.54, 1.807) is 0 Å². The molecule has 1 aliphatic rings. The first kappa shape index (κ1) is 17.0. The van der Waals surface area contributed by atoms with Gasteiger partial charge in [-0.3, -0.25) is 18.9 Å². The minimum atomic E-state index is -4.83. The van der Waals surface area contributed by atoms with Gasteiger partial charge in [-0.2, -0.15) is 0 Å². The molecule has 11 heteroatoms. The van der Waals surface area contributed by atoms with E-state index in [0.29, 0.717) is 0 Å². The molecule has 0 aromatic carbocycles. The molecule has 0 radical (unpaired) electrons. The van der Waals surface area contributed by atoms with Gasteiger partial charge >= 0.3 is 13.5 Å². The minimum absolute atomic E-state index is 0.0550. The van der Waals surface area contributed by atoms with Crippen LogP contribution in [0.2, 0.25) is 0 Å². The summed E-state index contributed by atoms with van der Waals surface area (Å²) < 4.78 is 35.5. The summed E-state index contributed by atoms with van der Waals surface area (Å²) in [5, 5.41) is 0. The van der Waals surface area contributed by atoms with Crippen molar-refractivity contribution in [3.63, 3.8) is 0 Å². The van der Waals surface area contributed by atoms with Crippen LogP contribution in [0.1, 0.15) is 25.3 Å². The highest BCUT2D eigenvalue weighted by Crippen LogP contribution is 2.45. The molecule has 0 unspecified atom stereocenters. The number of hydrogen-bond donors (Lipinski definition) is 3. The van der Waals surface area contributed by atoms with Gasteiger partial charge in [0.25, 0.3) is 5.56 Å². The molecule has 2 atom stereocenters. The summed E-state index contributed by atoms with van der Waals surface area (Å²) in [6.07, 6.45) is 1.07. The maximum Gasteiger partial charge on any atom is 0.469 e. The Morgan fingerprint density at radius 3 is 2.73 bits per heavy atom. The molecule has 0 spiro atoms. The Morgan fingerprint density at radius 1 is 1.50 bits per heavy atom. The lowest BCUT2D eigenvalue weighted by Crippen LogP contribution is -2.44. The maximum atomic E-state index is 14.5. The van der Waals surface area contributed by atoms with Gasteiger partial charge < -0.3 is 14.5 Å². The molecule has 9 nitrogen and oxygen atoms in total. The van der Waals surface area contributed by atoms with Crippen molar-refractivity contribution in [3.8, 4) is 0 Å². The van der Waals surface area contributed by atoms with E-state index < -0.39 is 37.3 Å². The SMILES string of the molecule is Cc1cn([C@@]2(C)CC[C@@](F)(COP(=O)(O)O)O2)c(=O)[nH]c1=O. The van der Waals surface area contributed by atoms with Crippen LogP contribution in [0.4, 0.5) is 4.39 Å². The Balaban J connectivity index is 2.27.